The van der Waals surface area contributed by atoms with Gasteiger partial charge in [0, 0.05) is 5.56 Å². The number of hydrogen-bond donors (Lipinski definition) is 1. The average molecular weight is 555 g/mol. The highest BCUT2D eigenvalue weighted by Gasteiger charge is 2.55. The molecule has 0 spiro atoms. The lowest BCUT2D eigenvalue weighted by Gasteiger charge is -2.34. The lowest BCUT2D eigenvalue weighted by atomic mass is 9.78. The fraction of sp³-hybridized carbons (Fsp3) is 0.333. The number of nitrogens with two attached hydrogens (primary N) is 1. The van der Waals surface area contributed by atoms with Gasteiger partial charge in [-0.3, -0.25) is 10.1 Å². The molecule has 1 heterocycles. The summed E-state index contributed by atoms with van der Waals surface area (Å²) in [5, 5.41) is 25.9. The molecule has 2 N–H and O–H groups in total. The van der Waals surface area contributed by atoms with Crippen LogP contribution in [0.25, 0.3) is 0 Å². The van der Waals surface area contributed by atoms with E-state index in [1.807, 2.05) is 0 Å². The van der Waals surface area contributed by atoms with E-state index < -0.39 is 66.4 Å². The third-order valence-corrected chi connectivity index (χ3v) is 6.21. The highest BCUT2D eigenvalue weighted by molar-refractivity contribution is 9.10. The highest BCUT2D eigenvalue weighted by Crippen LogP contribution is 2.43. The molecule has 1 unspecified atom stereocenters. The number of rotatable bonds is 7. The molecule has 2 atom stereocenters. The number of halogens is 5. The fourth-order valence-corrected chi connectivity index (χ4v) is 3.96. The maximum atomic E-state index is 14.8. The average Bonchev–Trinajstić information content (AvgIpc) is 2.71. The Morgan fingerprint density at radius 3 is 2.36 bits per heavy atom. The van der Waals surface area contributed by atoms with Crippen LogP contribution in [0.2, 0.25) is 0 Å². The molecule has 0 aliphatic rings. The highest BCUT2D eigenvalue weighted by atomic mass is 79.9. The second-order valence-electron chi connectivity index (χ2n) is 7.18. The van der Waals surface area contributed by atoms with Crippen molar-refractivity contribution in [1.29, 1.82) is 5.26 Å². The number of benzene rings is 1. The molecule has 15 heteroatoms. The van der Waals surface area contributed by atoms with Gasteiger partial charge in [0.05, 0.1) is 22.6 Å². The van der Waals surface area contributed by atoms with Crippen LogP contribution in [0.1, 0.15) is 25.1 Å². The summed E-state index contributed by atoms with van der Waals surface area (Å²) in [7, 11) is -4.67. The minimum atomic E-state index is -5.18. The summed E-state index contributed by atoms with van der Waals surface area (Å²) in [5.74, 6) is -1.08. The van der Waals surface area contributed by atoms with E-state index in [1.165, 1.54) is 6.07 Å². The first kappa shape index (κ1) is 26.6. The summed E-state index contributed by atoms with van der Waals surface area (Å²) in [6.07, 6.45) is -5.18. The summed E-state index contributed by atoms with van der Waals surface area (Å²) >= 11 is 2.99. The van der Waals surface area contributed by atoms with Crippen LogP contribution >= 0.6 is 15.9 Å². The molecule has 2 aromatic rings. The summed E-state index contributed by atoms with van der Waals surface area (Å²) in [6, 6.07) is 5.91. The smallest absolute Gasteiger partial charge is 0.351 e. The Labute approximate surface area is 193 Å². The number of aromatic nitrogens is 1. The van der Waals surface area contributed by atoms with Crippen LogP contribution in [0.15, 0.2) is 39.8 Å². The molecular formula is C18H15BrF4N4O5S. The summed E-state index contributed by atoms with van der Waals surface area (Å²) in [4.78, 5) is 13.7. The molecule has 1 aromatic heterocycles. The van der Waals surface area contributed by atoms with Gasteiger partial charge in [-0.15, -0.1) is 0 Å². The largest absolute Gasteiger partial charge is 0.430 e. The first-order chi connectivity index (χ1) is 15.0. The minimum absolute atomic E-state index is 0.0224. The Bertz CT molecular complexity index is 1250. The molecule has 0 amide bonds. The quantitative estimate of drug-likeness (QED) is 0.237. The van der Waals surface area contributed by atoms with E-state index in [9.17, 15) is 36.1 Å². The van der Waals surface area contributed by atoms with Crippen molar-refractivity contribution in [2.24, 2.45) is 5.14 Å². The number of pyridine rings is 1. The zero-order chi connectivity index (χ0) is 25.4. The second-order valence-corrected chi connectivity index (χ2v) is 9.52. The SMILES string of the molecule is CC(CO[C@](C)(C#N)C(F)(F)F)(c1cccc(S(N)(=O)=O)c1[N+](=O)[O-])c1nc(Br)ccc1F. The second kappa shape index (κ2) is 8.93. The number of nitrogens with zero attached hydrogens (tertiary/aromatic N) is 3. The summed E-state index contributed by atoms with van der Waals surface area (Å²) < 4.78 is 83.8. The van der Waals surface area contributed by atoms with Crippen molar-refractivity contribution in [3.8, 4) is 6.07 Å². The van der Waals surface area contributed by atoms with E-state index in [4.69, 9.17) is 15.1 Å². The number of hydrogen-bond acceptors (Lipinski definition) is 7. The maximum absolute atomic E-state index is 14.8. The molecule has 0 saturated carbocycles. The Morgan fingerprint density at radius 2 is 1.88 bits per heavy atom. The van der Waals surface area contributed by atoms with E-state index in [1.54, 1.807) is 0 Å². The molecular weight excluding hydrogens is 540 g/mol. The molecule has 178 valence electrons. The predicted molar refractivity (Wildman–Crippen MR) is 109 cm³/mol. The topological polar surface area (TPSA) is 149 Å². The van der Waals surface area contributed by atoms with Gasteiger partial charge in [0.2, 0.25) is 15.6 Å². The van der Waals surface area contributed by atoms with Crippen LogP contribution in [0.3, 0.4) is 0 Å². The maximum Gasteiger partial charge on any atom is 0.430 e. The van der Waals surface area contributed by atoms with Gasteiger partial charge in [0.15, 0.2) is 4.90 Å². The van der Waals surface area contributed by atoms with Gasteiger partial charge >= 0.3 is 6.18 Å². The Morgan fingerprint density at radius 1 is 1.27 bits per heavy atom. The molecule has 0 fully saturated rings. The van der Waals surface area contributed by atoms with E-state index in [0.29, 0.717) is 6.92 Å². The molecule has 0 aliphatic carbocycles. The molecule has 9 nitrogen and oxygen atoms in total. The Kier molecular flexibility index (Phi) is 7.20. The molecule has 1 aromatic carbocycles. The van der Waals surface area contributed by atoms with Gasteiger partial charge in [-0.05, 0) is 48.0 Å². The van der Waals surface area contributed by atoms with Gasteiger partial charge in [-0.25, -0.2) is 22.9 Å². The van der Waals surface area contributed by atoms with Crippen molar-refractivity contribution in [2.75, 3.05) is 6.61 Å². The van der Waals surface area contributed by atoms with E-state index in [-0.39, 0.29) is 4.60 Å². The lowest BCUT2D eigenvalue weighted by Crippen LogP contribution is -2.47. The monoisotopic (exact) mass is 554 g/mol. The zero-order valence-corrected chi connectivity index (χ0v) is 19.3. The van der Waals surface area contributed by atoms with Gasteiger partial charge in [0.25, 0.3) is 5.69 Å². The molecule has 0 radical (unpaired) electrons. The van der Waals surface area contributed by atoms with Crippen LogP contribution in [0.4, 0.5) is 23.2 Å². The first-order valence-corrected chi connectivity index (χ1v) is 11.1. The third kappa shape index (κ3) is 5.13. The van der Waals surface area contributed by atoms with Crippen molar-refractivity contribution < 1.29 is 35.6 Å². The van der Waals surface area contributed by atoms with Gasteiger partial charge in [0.1, 0.15) is 16.5 Å². The number of primary sulfonamides is 1. The fourth-order valence-electron chi connectivity index (χ4n) is 2.93. The van der Waals surface area contributed by atoms with Gasteiger partial charge in [-0.1, -0.05) is 12.1 Å². The van der Waals surface area contributed by atoms with Crippen molar-refractivity contribution >= 4 is 31.6 Å². The summed E-state index contributed by atoms with van der Waals surface area (Å²) in [6.45, 7) is 0.341. The van der Waals surface area contributed by atoms with Gasteiger partial charge in [-0.2, -0.15) is 18.4 Å². The predicted octanol–water partition coefficient (Wildman–Crippen LogP) is 3.71. The van der Waals surface area contributed by atoms with E-state index >= 15 is 0 Å². The zero-order valence-electron chi connectivity index (χ0n) is 16.9. The molecule has 0 aliphatic heterocycles. The molecule has 0 bridgehead atoms. The van der Waals surface area contributed by atoms with Crippen molar-refractivity contribution in [1.82, 2.24) is 4.98 Å². The Hall–Kier alpha value is -2.67. The van der Waals surface area contributed by atoms with Crippen LogP contribution < -0.4 is 5.14 Å². The number of ether oxygens (including phenoxy) is 1. The van der Waals surface area contributed by atoms with Crippen molar-refractivity contribution in [2.45, 2.75) is 35.9 Å². The van der Waals surface area contributed by atoms with Crippen LogP contribution in [-0.4, -0.2) is 36.7 Å². The molecule has 33 heavy (non-hydrogen) atoms. The minimum Gasteiger partial charge on any atom is -0.351 e. The van der Waals surface area contributed by atoms with Crippen LogP contribution in [-0.2, 0) is 20.2 Å². The normalized spacial score (nSPS) is 15.8. The van der Waals surface area contributed by atoms with Crippen LogP contribution in [0.5, 0.6) is 0 Å². The van der Waals surface area contributed by atoms with Gasteiger partial charge < -0.3 is 4.74 Å². The van der Waals surface area contributed by atoms with E-state index in [0.717, 1.165) is 37.3 Å². The number of para-hydroxylation sites is 1. The van der Waals surface area contributed by atoms with Crippen molar-refractivity contribution in [3.63, 3.8) is 0 Å². The number of nitro benzene ring substituents is 1. The Balaban J connectivity index is 2.90. The first-order valence-electron chi connectivity index (χ1n) is 8.73. The van der Waals surface area contributed by atoms with Crippen LogP contribution in [0, 0.1) is 27.3 Å². The van der Waals surface area contributed by atoms with E-state index in [2.05, 4.69) is 20.9 Å². The number of alkyl halides is 3. The number of nitriles is 1. The number of sulfonamides is 1. The number of nitro groups is 1. The lowest BCUT2D eigenvalue weighted by molar-refractivity contribution is -0.389. The molecule has 0 saturated heterocycles. The standard InChI is InChI=1S/C18H15BrF4N4O5S/c1-16(15-11(20)6-7-13(19)26-15,9-32-17(2,8-24)18(21,22)23)10-4-3-5-12(33(25,30)31)14(10)27(28)29/h3-7H,9H2,1-2H3,(H2,25,30,31)/t16?,17-/m1/s1. The van der Waals surface area contributed by atoms with Crippen molar-refractivity contribution in [3.05, 3.63) is 62.1 Å². The summed E-state index contributed by atoms with van der Waals surface area (Å²) in [5.41, 5.74) is -7.80. The third-order valence-electron chi connectivity index (χ3n) is 4.82. The molecule has 2 rings (SSSR count).